The molecule has 0 spiro atoms. The van der Waals surface area contributed by atoms with Crippen molar-refractivity contribution < 1.29 is 22.8 Å². The average Bonchev–Trinajstić information content (AvgIpc) is 2.76. The molecule has 2 aromatic rings. The molecule has 178 valence electrons. The number of halogens is 4. The summed E-state index contributed by atoms with van der Waals surface area (Å²) in [5.41, 5.74) is -0.0850. The number of amides is 2. The molecular weight excluding hydrogens is 457 g/mol. The molecule has 1 saturated heterocycles. The first-order chi connectivity index (χ1) is 15.6. The van der Waals surface area contributed by atoms with Gasteiger partial charge in [0.05, 0.1) is 24.3 Å². The second-order valence-electron chi connectivity index (χ2n) is 8.02. The van der Waals surface area contributed by atoms with Crippen LogP contribution in [0, 0.1) is 0 Å². The van der Waals surface area contributed by atoms with Crippen molar-refractivity contribution in [1.29, 1.82) is 0 Å². The van der Waals surface area contributed by atoms with E-state index < -0.39 is 17.6 Å². The van der Waals surface area contributed by atoms with Crippen molar-refractivity contribution in [3.63, 3.8) is 0 Å². The molecule has 0 unspecified atom stereocenters. The Morgan fingerprint density at radius 3 is 2.24 bits per heavy atom. The van der Waals surface area contributed by atoms with Gasteiger partial charge in [0.2, 0.25) is 11.8 Å². The molecule has 1 heterocycles. The molecule has 2 amide bonds. The van der Waals surface area contributed by atoms with Crippen LogP contribution < -0.4 is 5.32 Å². The topological polar surface area (TPSA) is 55.9 Å². The summed E-state index contributed by atoms with van der Waals surface area (Å²) in [6.07, 6.45) is -4.58. The fourth-order valence-corrected chi connectivity index (χ4v) is 3.72. The number of anilines is 1. The van der Waals surface area contributed by atoms with Gasteiger partial charge in [-0.2, -0.15) is 13.2 Å². The third-order valence-electron chi connectivity index (χ3n) is 5.46. The van der Waals surface area contributed by atoms with Gasteiger partial charge in [0, 0.05) is 44.8 Å². The van der Waals surface area contributed by atoms with Crippen molar-refractivity contribution in [2.45, 2.75) is 12.7 Å². The Hall–Kier alpha value is -2.62. The number of rotatable bonds is 7. The van der Waals surface area contributed by atoms with Crippen LogP contribution in [0.15, 0.2) is 48.5 Å². The highest BCUT2D eigenvalue weighted by atomic mass is 35.5. The molecule has 1 aliphatic rings. The summed E-state index contributed by atoms with van der Waals surface area (Å²) >= 11 is 5.92. The lowest BCUT2D eigenvalue weighted by Crippen LogP contribution is -2.49. The molecular formula is C23H26ClF3N4O2. The molecule has 1 aliphatic heterocycles. The number of benzene rings is 2. The molecule has 33 heavy (non-hydrogen) atoms. The predicted molar refractivity (Wildman–Crippen MR) is 121 cm³/mol. The number of nitrogens with one attached hydrogen (secondary N) is 1. The van der Waals surface area contributed by atoms with Gasteiger partial charge in [0.1, 0.15) is 0 Å². The van der Waals surface area contributed by atoms with Crippen LogP contribution in [-0.2, 0) is 22.3 Å². The maximum absolute atomic E-state index is 13.1. The first-order valence-electron chi connectivity index (χ1n) is 10.5. The first-order valence-corrected chi connectivity index (χ1v) is 10.9. The van der Waals surface area contributed by atoms with Crippen LogP contribution in [0.1, 0.15) is 11.1 Å². The monoisotopic (exact) mass is 482 g/mol. The van der Waals surface area contributed by atoms with E-state index in [9.17, 15) is 22.8 Å². The maximum atomic E-state index is 13.1. The van der Waals surface area contributed by atoms with Gasteiger partial charge in [0.15, 0.2) is 0 Å². The van der Waals surface area contributed by atoms with Crippen LogP contribution in [0.25, 0.3) is 0 Å². The van der Waals surface area contributed by atoms with E-state index in [1.165, 1.54) is 35.7 Å². The van der Waals surface area contributed by atoms with Crippen molar-refractivity contribution in [2.24, 2.45) is 0 Å². The molecule has 0 atom stereocenters. The van der Waals surface area contributed by atoms with E-state index in [-0.39, 0.29) is 24.7 Å². The molecule has 1 fully saturated rings. The fourth-order valence-electron chi connectivity index (χ4n) is 3.60. The second kappa shape index (κ2) is 11.0. The number of alkyl halides is 3. The summed E-state index contributed by atoms with van der Waals surface area (Å²) in [5.74, 6) is -0.948. The summed E-state index contributed by atoms with van der Waals surface area (Å²) in [7, 11) is 1.47. The number of hydrogen-bond acceptors (Lipinski definition) is 4. The largest absolute Gasteiger partial charge is 0.418 e. The molecule has 6 nitrogen and oxygen atoms in total. The Bertz CT molecular complexity index is 961. The summed E-state index contributed by atoms with van der Waals surface area (Å²) < 4.78 is 39.3. The number of carbonyl (C=O) groups excluding carboxylic acids is 2. The maximum Gasteiger partial charge on any atom is 0.418 e. The zero-order chi connectivity index (χ0) is 24.0. The lowest BCUT2D eigenvalue weighted by atomic mass is 10.1. The molecule has 0 saturated carbocycles. The third kappa shape index (κ3) is 7.45. The standard InChI is InChI=1S/C23H26ClF3N4O2/c1-29(15-21(32)28-20-5-3-2-4-19(20)23(25,26)27)22(33)16-31-12-10-30(11-13-31)14-17-6-8-18(24)9-7-17/h2-9H,10-16H2,1H3,(H,28,32). The minimum Gasteiger partial charge on any atom is -0.335 e. The molecule has 0 bridgehead atoms. The molecule has 0 aliphatic carbocycles. The quantitative estimate of drug-likeness (QED) is 0.655. The zero-order valence-corrected chi connectivity index (χ0v) is 19.0. The Morgan fingerprint density at radius 2 is 1.61 bits per heavy atom. The van der Waals surface area contributed by atoms with Crippen LogP contribution in [0.2, 0.25) is 5.02 Å². The van der Waals surface area contributed by atoms with Crippen LogP contribution in [0.5, 0.6) is 0 Å². The Morgan fingerprint density at radius 1 is 1.00 bits per heavy atom. The van der Waals surface area contributed by atoms with Crippen LogP contribution in [0.3, 0.4) is 0 Å². The van der Waals surface area contributed by atoms with Gasteiger partial charge in [-0.25, -0.2) is 0 Å². The predicted octanol–water partition coefficient (Wildman–Crippen LogP) is 3.57. The number of piperazine rings is 1. The summed E-state index contributed by atoms with van der Waals surface area (Å²) in [6.45, 7) is 3.64. The number of hydrogen-bond donors (Lipinski definition) is 1. The molecule has 0 aromatic heterocycles. The van der Waals surface area contributed by atoms with E-state index in [0.717, 1.165) is 25.7 Å². The molecule has 0 radical (unpaired) electrons. The van der Waals surface area contributed by atoms with Gasteiger partial charge in [0.25, 0.3) is 0 Å². The van der Waals surface area contributed by atoms with Gasteiger partial charge >= 0.3 is 6.18 Å². The van der Waals surface area contributed by atoms with Gasteiger partial charge in [-0.05, 0) is 29.8 Å². The van der Waals surface area contributed by atoms with Gasteiger partial charge in [-0.1, -0.05) is 35.9 Å². The number of nitrogens with zero attached hydrogens (tertiary/aromatic N) is 3. The minimum atomic E-state index is -4.58. The highest BCUT2D eigenvalue weighted by Crippen LogP contribution is 2.34. The average molecular weight is 483 g/mol. The number of para-hydroxylation sites is 1. The normalized spacial score (nSPS) is 15.3. The summed E-state index contributed by atoms with van der Waals surface area (Å²) in [6, 6.07) is 12.5. The Kier molecular flexibility index (Phi) is 8.34. The van der Waals surface area contributed by atoms with E-state index in [1.54, 1.807) is 0 Å². The van der Waals surface area contributed by atoms with E-state index >= 15 is 0 Å². The molecule has 10 heteroatoms. The highest BCUT2D eigenvalue weighted by molar-refractivity contribution is 6.30. The van der Waals surface area contributed by atoms with Gasteiger partial charge in [-0.15, -0.1) is 0 Å². The fraction of sp³-hybridized carbons (Fsp3) is 0.391. The van der Waals surface area contributed by atoms with Crippen molar-refractivity contribution in [2.75, 3.05) is 51.6 Å². The molecule has 1 N–H and O–H groups in total. The number of carbonyl (C=O) groups is 2. The smallest absolute Gasteiger partial charge is 0.335 e. The van der Waals surface area contributed by atoms with Gasteiger partial charge < -0.3 is 10.2 Å². The van der Waals surface area contributed by atoms with E-state index in [2.05, 4.69) is 10.2 Å². The number of likely N-dealkylation sites (N-methyl/N-ethyl adjacent to an activating group) is 1. The lowest BCUT2D eigenvalue weighted by molar-refractivity contribution is -0.137. The minimum absolute atomic E-state index is 0.150. The zero-order valence-electron chi connectivity index (χ0n) is 18.2. The Labute approximate surface area is 195 Å². The van der Waals surface area contributed by atoms with Crippen molar-refractivity contribution in [3.8, 4) is 0 Å². The van der Waals surface area contributed by atoms with E-state index in [0.29, 0.717) is 18.1 Å². The van der Waals surface area contributed by atoms with Crippen LogP contribution in [0.4, 0.5) is 18.9 Å². The van der Waals surface area contributed by atoms with Crippen molar-refractivity contribution in [3.05, 3.63) is 64.7 Å². The van der Waals surface area contributed by atoms with Crippen LogP contribution >= 0.6 is 11.6 Å². The lowest BCUT2D eigenvalue weighted by Gasteiger charge is -2.35. The third-order valence-corrected chi connectivity index (χ3v) is 5.71. The SMILES string of the molecule is CN(CC(=O)Nc1ccccc1C(F)(F)F)C(=O)CN1CCN(Cc2ccc(Cl)cc2)CC1. The van der Waals surface area contributed by atoms with Crippen molar-refractivity contribution >= 4 is 29.1 Å². The first kappa shape index (κ1) is 25.0. The van der Waals surface area contributed by atoms with E-state index in [1.807, 2.05) is 29.2 Å². The Balaban J connectivity index is 1.44. The summed E-state index contributed by atoms with van der Waals surface area (Å²) in [4.78, 5) is 30.3. The molecule has 3 rings (SSSR count). The second-order valence-corrected chi connectivity index (χ2v) is 8.46. The van der Waals surface area contributed by atoms with Gasteiger partial charge in [-0.3, -0.25) is 19.4 Å². The van der Waals surface area contributed by atoms with E-state index in [4.69, 9.17) is 11.6 Å². The van der Waals surface area contributed by atoms with Crippen LogP contribution in [-0.4, -0.2) is 72.8 Å². The van der Waals surface area contributed by atoms with Crippen molar-refractivity contribution in [1.82, 2.24) is 14.7 Å². The molecule has 2 aromatic carbocycles. The summed E-state index contributed by atoms with van der Waals surface area (Å²) in [5, 5.41) is 2.96. The highest BCUT2D eigenvalue weighted by Gasteiger charge is 2.33.